The molecule has 2 fully saturated rings. The van der Waals surface area contributed by atoms with Gasteiger partial charge in [0.15, 0.2) is 0 Å². The standard InChI is InChI=1S/C36H42F4N2O2/c1-24-17-26-18-28(43-22-25-7-3-2-4-8-25)11-12-30(26)35(42(24)21-33(39)40)34-31(37)19-29(20-32(34)38)44-27-9-5-13-36(14-6-10-27)15-16-41-23-36/h2-4,7-8,11-12,18-20,24,27,33,35,41H,5-6,9-10,13-17,21-23H2,1H3/t24-,27?,35?,36?/m1/s1. The van der Waals surface area contributed by atoms with Gasteiger partial charge in [-0.05, 0) is 99.1 Å². The molecule has 1 spiro atoms. The minimum atomic E-state index is -2.65. The summed E-state index contributed by atoms with van der Waals surface area (Å²) in [7, 11) is 0. The van der Waals surface area contributed by atoms with Crippen LogP contribution in [0.15, 0.2) is 60.7 Å². The molecule has 0 amide bonds. The van der Waals surface area contributed by atoms with Crippen LogP contribution in [0.25, 0.3) is 0 Å². The highest BCUT2D eigenvalue weighted by Gasteiger charge is 2.39. The van der Waals surface area contributed by atoms with E-state index in [4.69, 9.17) is 9.47 Å². The van der Waals surface area contributed by atoms with E-state index in [0.29, 0.717) is 29.8 Å². The Morgan fingerprint density at radius 2 is 1.66 bits per heavy atom. The Kier molecular flexibility index (Phi) is 9.48. The fourth-order valence-electron chi connectivity index (χ4n) is 7.59. The molecule has 1 saturated carbocycles. The van der Waals surface area contributed by atoms with Crippen LogP contribution in [0.1, 0.15) is 80.2 Å². The molecule has 3 aromatic carbocycles. The van der Waals surface area contributed by atoms with Crippen LogP contribution in [-0.4, -0.2) is 43.1 Å². The first kappa shape index (κ1) is 30.9. The van der Waals surface area contributed by atoms with Crippen molar-refractivity contribution in [3.63, 3.8) is 0 Å². The number of ether oxygens (including phenoxy) is 2. The predicted octanol–water partition coefficient (Wildman–Crippen LogP) is 8.23. The van der Waals surface area contributed by atoms with Crippen molar-refractivity contribution in [2.75, 3.05) is 19.6 Å². The maximum atomic E-state index is 15.9. The summed E-state index contributed by atoms with van der Waals surface area (Å²) in [5.74, 6) is -0.785. The summed E-state index contributed by atoms with van der Waals surface area (Å²) in [6.45, 7) is 3.76. The van der Waals surface area contributed by atoms with Gasteiger partial charge in [-0.1, -0.05) is 36.4 Å². The van der Waals surface area contributed by atoms with Gasteiger partial charge in [0.1, 0.15) is 29.7 Å². The molecule has 44 heavy (non-hydrogen) atoms. The third kappa shape index (κ3) is 6.91. The van der Waals surface area contributed by atoms with E-state index in [1.165, 1.54) is 23.5 Å². The van der Waals surface area contributed by atoms with Crippen LogP contribution in [-0.2, 0) is 13.0 Å². The van der Waals surface area contributed by atoms with Gasteiger partial charge in [0, 0.05) is 30.3 Å². The molecule has 6 rings (SSSR count). The highest BCUT2D eigenvalue weighted by Crippen LogP contribution is 2.43. The second-order valence-electron chi connectivity index (χ2n) is 12.9. The summed E-state index contributed by atoms with van der Waals surface area (Å²) in [5, 5.41) is 3.50. The molecule has 0 aromatic heterocycles. The topological polar surface area (TPSA) is 33.7 Å². The van der Waals surface area contributed by atoms with Crippen molar-refractivity contribution in [3.8, 4) is 11.5 Å². The number of rotatable bonds is 8. The van der Waals surface area contributed by atoms with Gasteiger partial charge in [0.2, 0.25) is 0 Å². The van der Waals surface area contributed by atoms with E-state index in [2.05, 4.69) is 5.32 Å². The van der Waals surface area contributed by atoms with Gasteiger partial charge in [-0.25, -0.2) is 17.6 Å². The Labute approximate surface area is 257 Å². The molecule has 2 heterocycles. The molecule has 1 saturated heterocycles. The van der Waals surface area contributed by atoms with E-state index in [1.807, 2.05) is 43.3 Å². The first-order valence-corrected chi connectivity index (χ1v) is 16.0. The number of fused-ring (bicyclic) bond motifs is 1. The summed E-state index contributed by atoms with van der Waals surface area (Å²) >= 11 is 0. The van der Waals surface area contributed by atoms with Crippen LogP contribution in [0.2, 0.25) is 0 Å². The van der Waals surface area contributed by atoms with E-state index in [1.54, 1.807) is 12.1 Å². The second-order valence-corrected chi connectivity index (χ2v) is 12.9. The van der Waals surface area contributed by atoms with Crippen LogP contribution >= 0.6 is 0 Å². The van der Waals surface area contributed by atoms with Gasteiger partial charge >= 0.3 is 0 Å². The number of halogens is 4. The molecule has 236 valence electrons. The Morgan fingerprint density at radius 3 is 2.32 bits per heavy atom. The Hall–Kier alpha value is -3.10. The highest BCUT2D eigenvalue weighted by atomic mass is 19.3. The predicted molar refractivity (Wildman–Crippen MR) is 163 cm³/mol. The minimum absolute atomic E-state index is 0.105. The normalized spacial score (nSPS) is 25.9. The van der Waals surface area contributed by atoms with E-state index >= 15 is 8.78 Å². The number of benzene rings is 3. The molecule has 0 radical (unpaired) electrons. The molecular weight excluding hydrogens is 568 g/mol. The van der Waals surface area contributed by atoms with Crippen LogP contribution in [0.5, 0.6) is 11.5 Å². The summed E-state index contributed by atoms with van der Waals surface area (Å²) in [4.78, 5) is 1.52. The highest BCUT2D eigenvalue weighted by molar-refractivity contribution is 5.46. The lowest BCUT2D eigenvalue weighted by atomic mass is 9.75. The van der Waals surface area contributed by atoms with Gasteiger partial charge in [-0.2, -0.15) is 0 Å². The van der Waals surface area contributed by atoms with Crippen LogP contribution in [0, 0.1) is 17.0 Å². The van der Waals surface area contributed by atoms with Crippen molar-refractivity contribution in [2.24, 2.45) is 5.41 Å². The molecule has 1 aliphatic carbocycles. The molecule has 0 bridgehead atoms. The quantitative estimate of drug-likeness (QED) is 0.261. The zero-order valence-electron chi connectivity index (χ0n) is 25.3. The maximum absolute atomic E-state index is 15.9. The molecule has 3 aromatic rings. The number of alkyl halides is 2. The molecule has 1 N–H and O–H groups in total. The summed E-state index contributed by atoms with van der Waals surface area (Å²) in [5.41, 5.74) is 2.62. The third-order valence-corrected chi connectivity index (χ3v) is 9.85. The molecule has 2 aliphatic heterocycles. The van der Waals surface area contributed by atoms with Crippen molar-refractivity contribution in [3.05, 3.63) is 94.6 Å². The van der Waals surface area contributed by atoms with Crippen molar-refractivity contribution in [1.82, 2.24) is 10.2 Å². The van der Waals surface area contributed by atoms with Crippen LogP contribution in [0.3, 0.4) is 0 Å². The Balaban J connectivity index is 1.23. The van der Waals surface area contributed by atoms with Crippen molar-refractivity contribution < 1.29 is 27.0 Å². The Bertz CT molecular complexity index is 1380. The van der Waals surface area contributed by atoms with Gasteiger partial charge in [-0.15, -0.1) is 0 Å². The summed E-state index contributed by atoms with van der Waals surface area (Å²) in [6.07, 6.45) is 4.92. The Morgan fingerprint density at radius 1 is 0.932 bits per heavy atom. The van der Waals surface area contributed by atoms with E-state index in [-0.39, 0.29) is 23.5 Å². The summed E-state index contributed by atoms with van der Waals surface area (Å²) < 4.78 is 71.7. The largest absolute Gasteiger partial charge is 0.490 e. The number of nitrogens with one attached hydrogen (secondary N) is 1. The smallest absolute Gasteiger partial charge is 0.251 e. The van der Waals surface area contributed by atoms with Crippen LogP contribution in [0.4, 0.5) is 17.6 Å². The van der Waals surface area contributed by atoms with Gasteiger partial charge in [-0.3, -0.25) is 4.90 Å². The minimum Gasteiger partial charge on any atom is -0.490 e. The van der Waals surface area contributed by atoms with Crippen molar-refractivity contribution in [1.29, 1.82) is 0 Å². The van der Waals surface area contributed by atoms with E-state index in [9.17, 15) is 8.78 Å². The molecule has 2 atom stereocenters. The van der Waals surface area contributed by atoms with Crippen molar-refractivity contribution in [2.45, 2.75) is 89.5 Å². The fraction of sp³-hybridized carbons (Fsp3) is 0.500. The first-order valence-electron chi connectivity index (χ1n) is 16.0. The van der Waals surface area contributed by atoms with Crippen molar-refractivity contribution >= 4 is 0 Å². The molecule has 4 nitrogen and oxygen atoms in total. The first-order chi connectivity index (χ1) is 21.3. The lowest BCUT2D eigenvalue weighted by Gasteiger charge is -2.42. The number of hydrogen-bond acceptors (Lipinski definition) is 4. The van der Waals surface area contributed by atoms with Gasteiger partial charge < -0.3 is 14.8 Å². The van der Waals surface area contributed by atoms with E-state index in [0.717, 1.165) is 62.7 Å². The van der Waals surface area contributed by atoms with E-state index < -0.39 is 30.6 Å². The lowest BCUT2D eigenvalue weighted by Crippen LogP contribution is -2.45. The van der Waals surface area contributed by atoms with Gasteiger partial charge in [0.05, 0.1) is 18.7 Å². The molecule has 3 aliphatic rings. The lowest BCUT2D eigenvalue weighted by molar-refractivity contribution is 0.0443. The van der Waals surface area contributed by atoms with Gasteiger partial charge in [0.25, 0.3) is 6.43 Å². The third-order valence-electron chi connectivity index (χ3n) is 9.85. The molecular formula is C36H42F4N2O2. The fourth-order valence-corrected chi connectivity index (χ4v) is 7.59. The molecule has 8 heteroatoms. The zero-order chi connectivity index (χ0) is 30.7. The maximum Gasteiger partial charge on any atom is 0.251 e. The zero-order valence-corrected chi connectivity index (χ0v) is 25.3. The summed E-state index contributed by atoms with van der Waals surface area (Å²) in [6, 6.07) is 16.2. The van der Waals surface area contributed by atoms with Crippen LogP contribution < -0.4 is 14.8 Å². The SMILES string of the molecule is C[C@@H]1Cc2cc(OCc3ccccc3)ccc2C(c2c(F)cc(OC3CCCC4(CCC3)CCNC4)cc2F)N1CC(F)F. The average Bonchev–Trinajstić information content (AvgIpc) is 3.45. The monoisotopic (exact) mass is 610 g/mol. The number of nitrogens with zero attached hydrogens (tertiary/aromatic N) is 1. The average molecular weight is 611 g/mol. The number of hydrogen-bond donors (Lipinski definition) is 1. The molecule has 1 unspecified atom stereocenters. The second kappa shape index (κ2) is 13.5.